The maximum absolute atomic E-state index is 12.8. The average Bonchev–Trinajstić information content (AvgIpc) is 3.51. The number of esters is 2. The number of ketones is 1. The van der Waals surface area contributed by atoms with Crippen LogP contribution in [0.5, 0.6) is 0 Å². The van der Waals surface area contributed by atoms with Crippen LogP contribution >= 0.6 is 15.6 Å². The Morgan fingerprint density at radius 3 is 1.80 bits per heavy atom. The van der Waals surface area contributed by atoms with E-state index >= 15 is 0 Å². The number of phosphoric ester groups is 2. The summed E-state index contributed by atoms with van der Waals surface area (Å²) in [5.74, 6) is -1.91. The lowest BCUT2D eigenvalue weighted by atomic mass is 9.88. The van der Waals surface area contributed by atoms with Crippen molar-refractivity contribution in [3.8, 4) is 0 Å². The molecule has 1 aliphatic rings. The number of aliphatic hydroxyl groups is 3. The number of allylic oxidation sites excluding steroid dienone is 3. The molecule has 0 heterocycles. The number of unbranched alkanes of at least 4 members (excludes halogenated alkanes) is 18. The van der Waals surface area contributed by atoms with E-state index in [1.54, 1.807) is 12.2 Å². The van der Waals surface area contributed by atoms with Crippen LogP contribution in [0.1, 0.15) is 187 Å². The summed E-state index contributed by atoms with van der Waals surface area (Å²) in [4.78, 5) is 65.6. The minimum absolute atomic E-state index is 0.00866. The van der Waals surface area contributed by atoms with Gasteiger partial charge in [-0.25, -0.2) is 9.13 Å². The quantitative estimate of drug-likeness (QED) is 0.0144. The molecule has 1 fully saturated rings. The Hall–Kier alpha value is -1.81. The minimum Gasteiger partial charge on any atom is -0.462 e. The van der Waals surface area contributed by atoms with E-state index in [-0.39, 0.29) is 31.0 Å². The zero-order chi connectivity index (χ0) is 47.5. The van der Waals surface area contributed by atoms with Crippen LogP contribution in [0.15, 0.2) is 24.3 Å². The van der Waals surface area contributed by atoms with Crippen molar-refractivity contribution in [2.24, 2.45) is 11.8 Å². The van der Waals surface area contributed by atoms with Crippen LogP contribution in [0.25, 0.3) is 0 Å². The Morgan fingerprint density at radius 1 is 0.672 bits per heavy atom. The van der Waals surface area contributed by atoms with Crippen LogP contribution in [-0.2, 0) is 46.6 Å². The molecule has 0 saturated heterocycles. The van der Waals surface area contributed by atoms with Gasteiger partial charge in [0.2, 0.25) is 0 Å². The van der Waals surface area contributed by atoms with E-state index in [0.29, 0.717) is 38.5 Å². The lowest BCUT2D eigenvalue weighted by Gasteiger charge is -2.20. The van der Waals surface area contributed by atoms with E-state index in [2.05, 4.69) is 35.0 Å². The van der Waals surface area contributed by atoms with E-state index in [1.165, 1.54) is 51.4 Å². The molecule has 0 aromatic rings. The predicted molar refractivity (Wildman–Crippen MR) is 245 cm³/mol. The number of hydrogen-bond donors (Lipinski definition) is 6. The summed E-state index contributed by atoms with van der Waals surface area (Å²) in [5, 5.41) is 30.6. The third kappa shape index (κ3) is 33.6. The molecule has 0 aliphatic heterocycles. The first-order chi connectivity index (χ1) is 30.6. The molecule has 0 bridgehead atoms. The first kappa shape index (κ1) is 60.2. The number of Topliss-reactive ketones (excluding diaryl/α,β-unsaturated/α-hetero) is 1. The van der Waals surface area contributed by atoms with Crippen molar-refractivity contribution in [2.75, 3.05) is 26.4 Å². The lowest BCUT2D eigenvalue weighted by molar-refractivity contribution is -0.161. The average molecular weight is 955 g/mol. The van der Waals surface area contributed by atoms with Crippen LogP contribution < -0.4 is 0 Å². The van der Waals surface area contributed by atoms with Gasteiger partial charge < -0.3 is 39.5 Å². The largest absolute Gasteiger partial charge is 0.472 e. The molecule has 0 spiro atoms. The third-order valence-corrected chi connectivity index (χ3v) is 12.6. The fraction of sp³-hybridized carbons (Fsp3) is 0.848. The maximum atomic E-state index is 12.8. The molecule has 0 radical (unpaired) electrons. The van der Waals surface area contributed by atoms with Crippen LogP contribution in [-0.4, -0.2) is 98.6 Å². The Bertz CT molecular complexity index is 1390. The van der Waals surface area contributed by atoms with Crippen LogP contribution in [0.4, 0.5) is 0 Å². The van der Waals surface area contributed by atoms with Gasteiger partial charge in [-0.15, -0.1) is 0 Å². The van der Waals surface area contributed by atoms with Crippen molar-refractivity contribution in [1.82, 2.24) is 0 Å². The number of rotatable bonds is 42. The summed E-state index contributed by atoms with van der Waals surface area (Å²) in [6, 6.07) is 0. The fourth-order valence-corrected chi connectivity index (χ4v) is 8.64. The Morgan fingerprint density at radius 2 is 1.19 bits per heavy atom. The number of hydrogen-bond acceptors (Lipinski definition) is 13. The van der Waals surface area contributed by atoms with Crippen LogP contribution in [0.2, 0.25) is 0 Å². The minimum atomic E-state index is -4.90. The van der Waals surface area contributed by atoms with Crippen LogP contribution in [0.3, 0.4) is 0 Å². The van der Waals surface area contributed by atoms with Crippen LogP contribution in [0, 0.1) is 11.8 Å². The van der Waals surface area contributed by atoms with E-state index in [1.807, 2.05) is 0 Å². The summed E-state index contributed by atoms with van der Waals surface area (Å²) in [7, 11) is -9.77. The highest BCUT2D eigenvalue weighted by Gasteiger charge is 2.39. The van der Waals surface area contributed by atoms with E-state index in [4.69, 9.17) is 23.8 Å². The smallest absolute Gasteiger partial charge is 0.462 e. The topological polar surface area (TPSA) is 253 Å². The van der Waals surface area contributed by atoms with Gasteiger partial charge in [0.25, 0.3) is 0 Å². The number of aliphatic hydroxyl groups excluding tert-OH is 3. The molecule has 1 saturated carbocycles. The van der Waals surface area contributed by atoms with Crippen molar-refractivity contribution < 1.29 is 76.6 Å². The summed E-state index contributed by atoms with van der Waals surface area (Å²) >= 11 is 0. The van der Waals surface area contributed by atoms with E-state index in [0.717, 1.165) is 64.2 Å². The Labute approximate surface area is 383 Å². The number of carbonyl (C=O) groups excluding carboxylic acids is 3. The first-order valence-electron chi connectivity index (χ1n) is 24.1. The van der Waals surface area contributed by atoms with Gasteiger partial charge in [-0.1, -0.05) is 141 Å². The second kappa shape index (κ2) is 37.2. The van der Waals surface area contributed by atoms with Crippen molar-refractivity contribution in [3.05, 3.63) is 24.3 Å². The molecule has 18 heteroatoms. The fourth-order valence-electron chi connectivity index (χ4n) is 7.48. The van der Waals surface area contributed by atoms with Gasteiger partial charge in [0, 0.05) is 25.2 Å². The maximum Gasteiger partial charge on any atom is 0.472 e. The highest BCUT2D eigenvalue weighted by atomic mass is 31.2. The molecular formula is C46H84O16P2. The molecular weight excluding hydrogens is 870 g/mol. The standard InChI is InChI=1S/C46H84O16P2/c1-3-5-7-8-9-10-11-12-13-14-15-16-17-18-19-20-25-29-45(51)58-36-40(37-61-64(56,57)60-35-39(48)34-59-63(53,54)55)62-46(52)30-26-22-21-24-28-41-42(44(50)33-43(41)49)32-31-38(47)27-23-6-4-2/h12-13,31-32,38-43,47-49H,3-11,14-30,33-37H2,1-2H3,(H,56,57)(H2,53,54,55)/b13-12-,32-31+/t38-,39-,40+,41+,42+,43-/m0/s1. The van der Waals surface area contributed by atoms with E-state index < -0.39 is 84.3 Å². The summed E-state index contributed by atoms with van der Waals surface area (Å²) in [6.45, 7) is 1.40. The van der Waals surface area contributed by atoms with E-state index in [9.17, 15) is 43.7 Å². The Balaban J connectivity index is 2.50. The Kier molecular flexibility index (Phi) is 35.0. The second-order valence-electron chi connectivity index (χ2n) is 17.2. The molecule has 64 heavy (non-hydrogen) atoms. The molecule has 16 nitrogen and oxygen atoms in total. The zero-order valence-electron chi connectivity index (χ0n) is 38.9. The summed E-state index contributed by atoms with van der Waals surface area (Å²) in [6.07, 6.45) is 27.8. The molecule has 6 N–H and O–H groups in total. The molecule has 1 unspecified atom stereocenters. The highest BCUT2D eigenvalue weighted by Crippen LogP contribution is 2.44. The molecule has 1 aliphatic carbocycles. The summed E-state index contributed by atoms with van der Waals surface area (Å²) in [5.41, 5.74) is 0. The summed E-state index contributed by atoms with van der Waals surface area (Å²) < 4.78 is 47.9. The van der Waals surface area contributed by atoms with Crippen molar-refractivity contribution in [2.45, 2.75) is 212 Å². The van der Waals surface area contributed by atoms with Gasteiger partial charge in [-0.05, 0) is 57.3 Å². The number of carbonyl (C=O) groups is 3. The monoisotopic (exact) mass is 955 g/mol. The zero-order valence-corrected chi connectivity index (χ0v) is 40.6. The molecule has 0 amide bonds. The second-order valence-corrected chi connectivity index (χ2v) is 19.9. The van der Waals surface area contributed by atoms with Gasteiger partial charge in [0.05, 0.1) is 32.0 Å². The van der Waals surface area contributed by atoms with Crippen molar-refractivity contribution in [1.29, 1.82) is 0 Å². The highest BCUT2D eigenvalue weighted by molar-refractivity contribution is 7.47. The molecule has 1 rings (SSSR count). The lowest BCUT2D eigenvalue weighted by Crippen LogP contribution is -2.30. The number of ether oxygens (including phenoxy) is 2. The molecule has 7 atom stereocenters. The third-order valence-electron chi connectivity index (χ3n) is 11.2. The molecule has 0 aromatic carbocycles. The van der Waals surface area contributed by atoms with Gasteiger partial charge in [-0.2, -0.15) is 0 Å². The normalized spacial score (nSPS) is 19.3. The van der Waals surface area contributed by atoms with Crippen molar-refractivity contribution in [3.63, 3.8) is 0 Å². The first-order valence-corrected chi connectivity index (χ1v) is 27.2. The van der Waals surface area contributed by atoms with Gasteiger partial charge in [0.15, 0.2) is 6.10 Å². The molecule has 0 aromatic heterocycles. The molecule has 374 valence electrons. The van der Waals surface area contributed by atoms with Gasteiger partial charge in [-0.3, -0.25) is 28.0 Å². The van der Waals surface area contributed by atoms with Gasteiger partial charge in [0.1, 0.15) is 18.5 Å². The number of phosphoric acid groups is 2. The SMILES string of the molecule is CCCCCCCC/C=C\CCCCCCCCCC(=O)OC[C@H](COP(=O)(O)OC[C@@H](O)COP(=O)(O)O)OC(=O)CCCCCC[C@H]1[C@@H](O)CC(=O)[C@@H]1/C=C/[C@@H](O)CCCCC. The van der Waals surface area contributed by atoms with Crippen molar-refractivity contribution >= 4 is 33.4 Å². The predicted octanol–water partition coefficient (Wildman–Crippen LogP) is 9.27. The van der Waals surface area contributed by atoms with Gasteiger partial charge >= 0.3 is 27.6 Å².